The fourth-order valence-corrected chi connectivity index (χ4v) is 6.48. The Kier molecular flexibility index (Phi) is 10.9. The van der Waals surface area contributed by atoms with E-state index in [1.165, 1.54) is 24.1 Å². The molecule has 0 fully saturated rings. The van der Waals surface area contributed by atoms with Crippen molar-refractivity contribution in [3.63, 3.8) is 0 Å². The van der Waals surface area contributed by atoms with Gasteiger partial charge in [-0.3, -0.25) is 13.9 Å². The number of carbonyl (C=O) groups excluding carboxylic acids is 2. The Morgan fingerprint density at radius 1 is 0.844 bits per heavy atom. The van der Waals surface area contributed by atoms with Crippen LogP contribution in [0.4, 0.5) is 5.69 Å². The molecule has 0 saturated carbocycles. The number of anilines is 1. The van der Waals surface area contributed by atoms with Crippen LogP contribution in [0.15, 0.2) is 114 Å². The molecule has 0 unspecified atom stereocenters. The number of benzene rings is 4. The van der Waals surface area contributed by atoms with E-state index in [0.29, 0.717) is 16.3 Å². The van der Waals surface area contributed by atoms with Crippen LogP contribution in [0.5, 0.6) is 5.75 Å². The summed E-state index contributed by atoms with van der Waals surface area (Å²) in [7, 11) is -2.68. The average Bonchev–Trinajstić information content (AvgIpc) is 3.01. The summed E-state index contributed by atoms with van der Waals surface area (Å²) in [5.41, 5.74) is 1.23. The molecule has 0 aliphatic rings. The third kappa shape index (κ3) is 9.09. The summed E-state index contributed by atoms with van der Waals surface area (Å²) in [6, 6.07) is 29.8. The van der Waals surface area contributed by atoms with Gasteiger partial charge in [0.15, 0.2) is 0 Å². The predicted octanol–water partition coefficient (Wildman–Crippen LogP) is 6.10. The molecule has 4 aromatic rings. The summed E-state index contributed by atoms with van der Waals surface area (Å²) in [5.74, 6) is -0.384. The quantitative estimate of drug-likeness (QED) is 0.201. The van der Waals surface area contributed by atoms with Crippen molar-refractivity contribution in [2.24, 2.45) is 0 Å². The van der Waals surface area contributed by atoms with Crippen LogP contribution >= 0.6 is 11.6 Å². The van der Waals surface area contributed by atoms with E-state index in [0.717, 1.165) is 9.87 Å². The zero-order chi connectivity index (χ0) is 32.6. The summed E-state index contributed by atoms with van der Waals surface area (Å²) in [6.45, 7) is 5.07. The molecule has 4 rings (SSSR count). The Labute approximate surface area is 270 Å². The first-order valence-corrected chi connectivity index (χ1v) is 16.3. The minimum atomic E-state index is -4.19. The van der Waals surface area contributed by atoms with Crippen molar-refractivity contribution in [1.29, 1.82) is 0 Å². The first kappa shape index (κ1) is 33.6. The van der Waals surface area contributed by atoms with Crippen LogP contribution in [0, 0.1) is 0 Å². The molecule has 0 aliphatic heterocycles. The molecule has 4 aromatic carbocycles. The molecule has 0 radical (unpaired) electrons. The maximum Gasteiger partial charge on any atom is 0.264 e. The van der Waals surface area contributed by atoms with E-state index in [2.05, 4.69) is 5.32 Å². The molecule has 0 heterocycles. The normalized spacial score (nSPS) is 12.2. The fourth-order valence-electron chi connectivity index (χ4n) is 4.84. The number of halogens is 1. The highest BCUT2D eigenvalue weighted by Gasteiger charge is 2.35. The number of hydrogen-bond donors (Lipinski definition) is 1. The monoisotopic (exact) mass is 647 g/mol. The van der Waals surface area contributed by atoms with Crippen molar-refractivity contribution in [2.45, 2.75) is 50.2 Å². The zero-order valence-corrected chi connectivity index (χ0v) is 27.4. The molecule has 10 heteroatoms. The molecule has 45 heavy (non-hydrogen) atoms. The number of nitrogens with zero attached hydrogens (tertiary/aromatic N) is 2. The van der Waals surface area contributed by atoms with Gasteiger partial charge < -0.3 is 15.0 Å². The number of carbonyl (C=O) groups is 2. The lowest BCUT2D eigenvalue weighted by Gasteiger charge is -2.35. The van der Waals surface area contributed by atoms with E-state index < -0.39 is 34.1 Å². The summed E-state index contributed by atoms with van der Waals surface area (Å²) >= 11 is 6.30. The van der Waals surface area contributed by atoms with E-state index >= 15 is 0 Å². The van der Waals surface area contributed by atoms with Gasteiger partial charge in [0.25, 0.3) is 10.0 Å². The first-order valence-electron chi connectivity index (χ1n) is 14.5. The second-order valence-electron chi connectivity index (χ2n) is 11.6. The Hall–Kier alpha value is -4.34. The van der Waals surface area contributed by atoms with Crippen molar-refractivity contribution in [1.82, 2.24) is 10.2 Å². The Bertz CT molecular complexity index is 1690. The van der Waals surface area contributed by atoms with Crippen molar-refractivity contribution >= 4 is 39.1 Å². The molecule has 8 nitrogen and oxygen atoms in total. The van der Waals surface area contributed by atoms with Crippen LogP contribution < -0.4 is 14.4 Å². The second kappa shape index (κ2) is 14.6. The third-order valence-corrected chi connectivity index (χ3v) is 9.00. The van der Waals surface area contributed by atoms with Gasteiger partial charge in [-0.15, -0.1) is 0 Å². The minimum Gasteiger partial charge on any atom is -0.497 e. The van der Waals surface area contributed by atoms with Gasteiger partial charge in [0.1, 0.15) is 18.3 Å². The van der Waals surface area contributed by atoms with Gasteiger partial charge in [-0.1, -0.05) is 72.3 Å². The molecule has 2 amide bonds. The smallest absolute Gasteiger partial charge is 0.264 e. The topological polar surface area (TPSA) is 96.0 Å². The van der Waals surface area contributed by atoms with E-state index in [4.69, 9.17) is 16.3 Å². The van der Waals surface area contributed by atoms with Crippen LogP contribution in [-0.2, 0) is 32.6 Å². The van der Waals surface area contributed by atoms with Crippen molar-refractivity contribution in [3.05, 3.63) is 125 Å². The molecule has 0 spiro atoms. The lowest BCUT2D eigenvalue weighted by atomic mass is 10.0. The molecule has 0 saturated heterocycles. The van der Waals surface area contributed by atoms with Crippen molar-refractivity contribution in [2.75, 3.05) is 18.0 Å². The number of nitrogens with one attached hydrogen (secondary N) is 1. The highest BCUT2D eigenvalue weighted by atomic mass is 35.5. The largest absolute Gasteiger partial charge is 0.497 e. The SMILES string of the molecule is COc1ccc(N(CC(=O)N(Cc2cccc(Cl)c2)[C@H](Cc2ccccc2)C(=O)NC(C)(C)C)S(=O)(=O)c2ccccc2)cc1. The van der Waals surface area contributed by atoms with Gasteiger partial charge in [0, 0.05) is 23.5 Å². The van der Waals surface area contributed by atoms with E-state index in [1.54, 1.807) is 60.7 Å². The number of amides is 2. The average molecular weight is 648 g/mol. The first-order chi connectivity index (χ1) is 21.4. The fraction of sp³-hybridized carbons (Fsp3) is 0.257. The number of hydrogen-bond acceptors (Lipinski definition) is 5. The van der Waals surface area contributed by atoms with E-state index in [-0.39, 0.29) is 29.5 Å². The van der Waals surface area contributed by atoms with Gasteiger partial charge >= 0.3 is 0 Å². The highest BCUT2D eigenvalue weighted by molar-refractivity contribution is 7.92. The van der Waals surface area contributed by atoms with Crippen molar-refractivity contribution in [3.8, 4) is 5.75 Å². The van der Waals surface area contributed by atoms with Crippen LogP contribution in [0.2, 0.25) is 5.02 Å². The summed E-state index contributed by atoms with van der Waals surface area (Å²) in [6.07, 6.45) is 0.211. The number of sulfonamides is 1. The van der Waals surface area contributed by atoms with E-state index in [9.17, 15) is 18.0 Å². The molecule has 0 aliphatic carbocycles. The van der Waals surface area contributed by atoms with Gasteiger partial charge in [-0.25, -0.2) is 8.42 Å². The third-order valence-electron chi connectivity index (χ3n) is 6.98. The summed E-state index contributed by atoms with van der Waals surface area (Å²) in [4.78, 5) is 29.9. The van der Waals surface area contributed by atoms with Gasteiger partial charge in [-0.05, 0) is 80.4 Å². The molecule has 236 valence electrons. The Morgan fingerprint density at radius 3 is 2.02 bits per heavy atom. The lowest BCUT2D eigenvalue weighted by Crippen LogP contribution is -2.56. The zero-order valence-electron chi connectivity index (χ0n) is 25.8. The Balaban J connectivity index is 1.81. The standard InChI is InChI=1S/C35H38ClN3O5S/c1-35(2,3)37-34(41)32(23-26-12-7-5-8-13-26)38(24-27-14-11-15-28(36)22-27)33(40)25-39(29-18-20-30(44-4)21-19-29)45(42,43)31-16-9-6-10-17-31/h5-22,32H,23-25H2,1-4H3,(H,37,41)/t32-/m1/s1. The van der Waals surface area contributed by atoms with Crippen LogP contribution in [0.3, 0.4) is 0 Å². The molecular formula is C35H38ClN3O5S. The van der Waals surface area contributed by atoms with Crippen LogP contribution in [0.1, 0.15) is 31.9 Å². The van der Waals surface area contributed by atoms with E-state index in [1.807, 2.05) is 57.2 Å². The van der Waals surface area contributed by atoms with Crippen LogP contribution in [0.25, 0.3) is 0 Å². The second-order valence-corrected chi connectivity index (χ2v) is 13.9. The molecular weight excluding hydrogens is 610 g/mol. The minimum absolute atomic E-state index is 0.0241. The predicted molar refractivity (Wildman–Crippen MR) is 178 cm³/mol. The highest BCUT2D eigenvalue weighted by Crippen LogP contribution is 2.27. The summed E-state index contributed by atoms with van der Waals surface area (Å²) < 4.78 is 34.5. The lowest BCUT2D eigenvalue weighted by molar-refractivity contribution is -0.140. The van der Waals surface area contributed by atoms with Gasteiger partial charge in [-0.2, -0.15) is 0 Å². The van der Waals surface area contributed by atoms with Gasteiger partial charge in [0.05, 0.1) is 17.7 Å². The molecule has 1 N–H and O–H groups in total. The Morgan fingerprint density at radius 2 is 1.44 bits per heavy atom. The molecule has 0 bridgehead atoms. The van der Waals surface area contributed by atoms with Crippen LogP contribution in [-0.4, -0.2) is 50.4 Å². The number of rotatable bonds is 12. The van der Waals surface area contributed by atoms with Crippen molar-refractivity contribution < 1.29 is 22.7 Å². The van der Waals surface area contributed by atoms with Gasteiger partial charge in [0.2, 0.25) is 11.8 Å². The molecule has 0 aromatic heterocycles. The number of methoxy groups -OCH3 is 1. The molecule has 1 atom stereocenters. The number of ether oxygens (including phenoxy) is 1. The maximum atomic E-state index is 14.5. The summed E-state index contributed by atoms with van der Waals surface area (Å²) in [5, 5.41) is 3.50. The maximum absolute atomic E-state index is 14.5.